The van der Waals surface area contributed by atoms with Crippen LogP contribution in [0.25, 0.3) is 0 Å². The van der Waals surface area contributed by atoms with Crippen molar-refractivity contribution in [2.75, 3.05) is 26.2 Å². The lowest BCUT2D eigenvalue weighted by atomic mass is 9.92. The highest BCUT2D eigenvalue weighted by atomic mass is 16.1. The molecule has 0 aliphatic carbocycles. The van der Waals surface area contributed by atoms with E-state index in [1.807, 2.05) is 19.9 Å². The molecular formula is C12H19N3O. The molecule has 2 heterocycles. The van der Waals surface area contributed by atoms with Crippen LogP contribution in [-0.2, 0) is 0 Å². The van der Waals surface area contributed by atoms with Crippen molar-refractivity contribution in [1.82, 2.24) is 15.2 Å². The lowest BCUT2D eigenvalue weighted by molar-refractivity contribution is 0.0602. The molecule has 0 radical (unpaired) electrons. The molecule has 4 nitrogen and oxygen atoms in total. The van der Waals surface area contributed by atoms with Gasteiger partial charge < -0.3 is 10.3 Å². The molecule has 1 aliphatic rings. The van der Waals surface area contributed by atoms with Crippen molar-refractivity contribution < 1.29 is 4.79 Å². The van der Waals surface area contributed by atoms with Gasteiger partial charge in [-0.3, -0.25) is 9.69 Å². The van der Waals surface area contributed by atoms with Gasteiger partial charge in [0.15, 0.2) is 5.78 Å². The molecule has 2 N–H and O–H groups in total. The number of nitrogens with one attached hydrogen (secondary N) is 2. The summed E-state index contributed by atoms with van der Waals surface area (Å²) in [6, 6.07) is 1.84. The zero-order valence-corrected chi connectivity index (χ0v) is 9.92. The molecule has 88 valence electrons. The van der Waals surface area contributed by atoms with E-state index in [9.17, 15) is 4.79 Å². The van der Waals surface area contributed by atoms with Gasteiger partial charge in [0.25, 0.3) is 0 Å². The molecule has 16 heavy (non-hydrogen) atoms. The summed E-state index contributed by atoms with van der Waals surface area (Å²) in [7, 11) is 0. The Bertz CT molecular complexity index is 350. The van der Waals surface area contributed by atoms with E-state index in [-0.39, 0.29) is 5.78 Å². The standard InChI is InChI=1S/C12H19N3O/c1-12(2,15-7-5-13-6-8-15)11(16)10-3-4-14-9-10/h3-4,9,13-14H,5-8H2,1-2H3. The molecule has 0 saturated carbocycles. The quantitative estimate of drug-likeness (QED) is 0.745. The zero-order valence-electron chi connectivity index (χ0n) is 9.92. The number of hydrogen-bond donors (Lipinski definition) is 2. The first kappa shape index (κ1) is 11.4. The van der Waals surface area contributed by atoms with Gasteiger partial charge in [-0.15, -0.1) is 0 Å². The molecule has 0 atom stereocenters. The number of rotatable bonds is 3. The predicted molar refractivity (Wildman–Crippen MR) is 63.6 cm³/mol. The first-order valence-corrected chi connectivity index (χ1v) is 5.76. The number of aromatic amines is 1. The van der Waals surface area contributed by atoms with Gasteiger partial charge in [0.1, 0.15) is 0 Å². The third-order valence-electron chi connectivity index (χ3n) is 3.32. The summed E-state index contributed by atoms with van der Waals surface area (Å²) < 4.78 is 0. The fraction of sp³-hybridized carbons (Fsp3) is 0.583. The minimum absolute atomic E-state index is 0.190. The number of Topliss-reactive ketones (excluding diaryl/α,β-unsaturated/α-hetero) is 1. The predicted octanol–water partition coefficient (Wildman–Crippen LogP) is 0.881. The van der Waals surface area contributed by atoms with Gasteiger partial charge in [-0.25, -0.2) is 0 Å². The molecule has 2 rings (SSSR count). The fourth-order valence-electron chi connectivity index (χ4n) is 2.19. The Kier molecular flexibility index (Phi) is 3.12. The first-order chi connectivity index (χ1) is 7.62. The van der Waals surface area contributed by atoms with Crippen molar-refractivity contribution in [2.45, 2.75) is 19.4 Å². The molecule has 4 heteroatoms. The smallest absolute Gasteiger partial charge is 0.184 e. The Balaban J connectivity index is 2.14. The molecule has 1 fully saturated rings. The fourth-order valence-corrected chi connectivity index (χ4v) is 2.19. The van der Waals surface area contributed by atoms with Gasteiger partial charge in [-0.1, -0.05) is 0 Å². The summed E-state index contributed by atoms with van der Waals surface area (Å²) in [4.78, 5) is 17.5. The molecular weight excluding hydrogens is 202 g/mol. The lowest BCUT2D eigenvalue weighted by Gasteiger charge is -2.39. The zero-order chi connectivity index (χ0) is 11.6. The second-order valence-electron chi connectivity index (χ2n) is 4.72. The molecule has 1 aliphatic heterocycles. The van der Waals surface area contributed by atoms with Crippen molar-refractivity contribution in [2.24, 2.45) is 0 Å². The van der Waals surface area contributed by atoms with Gasteiger partial charge in [0.2, 0.25) is 0 Å². The molecule has 1 saturated heterocycles. The minimum atomic E-state index is -0.412. The number of hydrogen-bond acceptors (Lipinski definition) is 3. The van der Waals surface area contributed by atoms with Crippen molar-refractivity contribution in [3.8, 4) is 0 Å². The summed E-state index contributed by atoms with van der Waals surface area (Å²) in [6.45, 7) is 7.81. The second kappa shape index (κ2) is 4.39. The van der Waals surface area contributed by atoms with E-state index in [2.05, 4.69) is 15.2 Å². The second-order valence-corrected chi connectivity index (χ2v) is 4.72. The number of carbonyl (C=O) groups is 1. The number of aromatic nitrogens is 1. The van der Waals surface area contributed by atoms with E-state index in [1.165, 1.54) is 0 Å². The van der Waals surface area contributed by atoms with Crippen molar-refractivity contribution in [3.05, 3.63) is 24.0 Å². The largest absolute Gasteiger partial charge is 0.367 e. The number of H-pyrrole nitrogens is 1. The highest BCUT2D eigenvalue weighted by Crippen LogP contribution is 2.20. The van der Waals surface area contributed by atoms with E-state index in [4.69, 9.17) is 0 Å². The SMILES string of the molecule is CC(C)(C(=O)c1cc[nH]c1)N1CCNCC1. The number of carbonyl (C=O) groups excluding carboxylic acids is 1. The average molecular weight is 221 g/mol. The van der Waals surface area contributed by atoms with Crippen LogP contribution in [0.4, 0.5) is 0 Å². The van der Waals surface area contributed by atoms with E-state index < -0.39 is 5.54 Å². The Hall–Kier alpha value is -1.13. The summed E-state index contributed by atoms with van der Waals surface area (Å²) >= 11 is 0. The summed E-state index contributed by atoms with van der Waals surface area (Å²) in [5, 5.41) is 3.30. The molecule has 1 aromatic rings. The average Bonchev–Trinajstić information content (AvgIpc) is 2.82. The third kappa shape index (κ3) is 2.03. The number of ketones is 1. The van der Waals surface area contributed by atoms with Crippen molar-refractivity contribution >= 4 is 5.78 Å². The topological polar surface area (TPSA) is 48.1 Å². The molecule has 0 aromatic carbocycles. The van der Waals surface area contributed by atoms with Crippen LogP contribution in [0.5, 0.6) is 0 Å². The van der Waals surface area contributed by atoms with E-state index in [1.54, 1.807) is 12.4 Å². The third-order valence-corrected chi connectivity index (χ3v) is 3.32. The monoisotopic (exact) mass is 221 g/mol. The molecule has 0 bridgehead atoms. The van der Waals surface area contributed by atoms with E-state index >= 15 is 0 Å². The lowest BCUT2D eigenvalue weighted by Crippen LogP contribution is -2.57. The van der Waals surface area contributed by atoms with Gasteiger partial charge in [0.05, 0.1) is 5.54 Å². The molecule has 0 amide bonds. The Morgan fingerprint density at radius 1 is 1.38 bits per heavy atom. The first-order valence-electron chi connectivity index (χ1n) is 5.76. The highest BCUT2D eigenvalue weighted by molar-refractivity contribution is 6.02. The van der Waals surface area contributed by atoms with Gasteiger partial charge >= 0.3 is 0 Å². The molecule has 1 aromatic heterocycles. The van der Waals surface area contributed by atoms with Crippen LogP contribution in [0, 0.1) is 0 Å². The number of piperazine rings is 1. The van der Waals surface area contributed by atoms with Gasteiger partial charge in [-0.2, -0.15) is 0 Å². The van der Waals surface area contributed by atoms with Gasteiger partial charge in [0, 0.05) is 44.1 Å². The Morgan fingerprint density at radius 3 is 2.62 bits per heavy atom. The maximum atomic E-state index is 12.3. The molecule has 0 spiro atoms. The van der Waals surface area contributed by atoms with Crippen LogP contribution in [0.15, 0.2) is 18.5 Å². The number of nitrogens with zero attached hydrogens (tertiary/aromatic N) is 1. The van der Waals surface area contributed by atoms with Crippen LogP contribution in [0.2, 0.25) is 0 Å². The maximum Gasteiger partial charge on any atom is 0.184 e. The Morgan fingerprint density at radius 2 is 2.06 bits per heavy atom. The van der Waals surface area contributed by atoms with Crippen LogP contribution in [0.1, 0.15) is 24.2 Å². The normalized spacial score (nSPS) is 18.6. The maximum absolute atomic E-state index is 12.3. The molecule has 0 unspecified atom stereocenters. The summed E-state index contributed by atoms with van der Waals surface area (Å²) in [5.41, 5.74) is 0.355. The summed E-state index contributed by atoms with van der Waals surface area (Å²) in [5.74, 6) is 0.190. The Labute approximate surface area is 96.0 Å². The van der Waals surface area contributed by atoms with Crippen LogP contribution in [0.3, 0.4) is 0 Å². The van der Waals surface area contributed by atoms with Crippen molar-refractivity contribution in [1.29, 1.82) is 0 Å². The van der Waals surface area contributed by atoms with Gasteiger partial charge in [-0.05, 0) is 19.9 Å². The minimum Gasteiger partial charge on any atom is -0.367 e. The van der Waals surface area contributed by atoms with Crippen LogP contribution < -0.4 is 5.32 Å². The highest BCUT2D eigenvalue weighted by Gasteiger charge is 2.35. The van der Waals surface area contributed by atoms with E-state index in [0.717, 1.165) is 31.7 Å². The summed E-state index contributed by atoms with van der Waals surface area (Å²) in [6.07, 6.45) is 3.56. The van der Waals surface area contributed by atoms with E-state index in [0.29, 0.717) is 0 Å². The van der Waals surface area contributed by atoms with Crippen LogP contribution in [-0.4, -0.2) is 47.4 Å². The van der Waals surface area contributed by atoms with Crippen molar-refractivity contribution in [3.63, 3.8) is 0 Å². The van der Waals surface area contributed by atoms with Crippen LogP contribution >= 0.6 is 0 Å².